The molecule has 1 heterocycles. The van der Waals surface area contributed by atoms with E-state index in [0.29, 0.717) is 17.9 Å². The number of H-pyrrole nitrogens is 1. The van der Waals surface area contributed by atoms with Crippen molar-refractivity contribution in [2.24, 2.45) is 0 Å². The zero-order valence-electron chi connectivity index (χ0n) is 14.3. The van der Waals surface area contributed by atoms with E-state index in [4.69, 9.17) is 4.74 Å². The van der Waals surface area contributed by atoms with E-state index < -0.39 is 0 Å². The van der Waals surface area contributed by atoms with E-state index in [1.807, 2.05) is 55.5 Å². The largest absolute Gasteiger partial charge is 0.484 e. The monoisotopic (exact) mass is 336 g/mol. The molecule has 0 fully saturated rings. The number of aromatic nitrogens is 1. The number of aromatic amines is 1. The lowest BCUT2D eigenvalue weighted by atomic mass is 10.1. The van der Waals surface area contributed by atoms with E-state index in [0.717, 1.165) is 22.0 Å². The Hall–Kier alpha value is -3.08. The quantitative estimate of drug-likeness (QED) is 0.752. The molecule has 0 unspecified atom stereocenters. The summed E-state index contributed by atoms with van der Waals surface area (Å²) < 4.78 is 5.46. The molecule has 128 valence electrons. The molecule has 0 aliphatic heterocycles. The second-order valence-corrected chi connectivity index (χ2v) is 6.08. The SMILES string of the molecule is Cc1ccc(OCC(=O)NCc2ccc3[nH]c(=O)c(C)cc3c2)cc1. The second-order valence-electron chi connectivity index (χ2n) is 6.08. The highest BCUT2D eigenvalue weighted by Crippen LogP contribution is 2.14. The number of pyridine rings is 1. The van der Waals surface area contributed by atoms with Crippen LogP contribution >= 0.6 is 0 Å². The third kappa shape index (κ3) is 4.26. The number of nitrogens with one attached hydrogen (secondary N) is 2. The van der Waals surface area contributed by atoms with E-state index in [1.165, 1.54) is 0 Å². The summed E-state index contributed by atoms with van der Waals surface area (Å²) in [6.45, 7) is 4.15. The van der Waals surface area contributed by atoms with Gasteiger partial charge in [-0.15, -0.1) is 0 Å². The lowest BCUT2D eigenvalue weighted by molar-refractivity contribution is -0.123. The molecular formula is C20H20N2O3. The van der Waals surface area contributed by atoms with Crippen LogP contribution in [0.2, 0.25) is 0 Å². The number of aryl methyl sites for hydroxylation is 2. The van der Waals surface area contributed by atoms with E-state index >= 15 is 0 Å². The number of amides is 1. The predicted octanol–water partition coefficient (Wildman–Crippen LogP) is 2.84. The van der Waals surface area contributed by atoms with Gasteiger partial charge in [0.25, 0.3) is 11.5 Å². The van der Waals surface area contributed by atoms with Crippen molar-refractivity contribution in [1.82, 2.24) is 10.3 Å². The van der Waals surface area contributed by atoms with Crippen LogP contribution in [0.3, 0.4) is 0 Å². The molecule has 0 saturated carbocycles. The standard InChI is InChI=1S/C20H20N2O3/c1-13-3-6-17(7-4-13)25-12-19(23)21-11-15-5-8-18-16(10-15)9-14(2)20(24)22-18/h3-10H,11-12H2,1-2H3,(H,21,23)(H,22,24). The van der Waals surface area contributed by atoms with Crippen molar-refractivity contribution < 1.29 is 9.53 Å². The van der Waals surface area contributed by atoms with Crippen LogP contribution in [0.4, 0.5) is 0 Å². The third-order valence-electron chi connectivity index (χ3n) is 3.97. The number of carbonyl (C=O) groups is 1. The number of hydrogen-bond acceptors (Lipinski definition) is 3. The van der Waals surface area contributed by atoms with Gasteiger partial charge in [-0.05, 0) is 55.1 Å². The van der Waals surface area contributed by atoms with E-state index in [2.05, 4.69) is 10.3 Å². The Balaban J connectivity index is 1.58. The molecule has 0 saturated heterocycles. The minimum Gasteiger partial charge on any atom is -0.484 e. The molecular weight excluding hydrogens is 316 g/mol. The van der Waals surface area contributed by atoms with Gasteiger partial charge in [-0.3, -0.25) is 9.59 Å². The average molecular weight is 336 g/mol. The van der Waals surface area contributed by atoms with Gasteiger partial charge in [-0.1, -0.05) is 23.8 Å². The van der Waals surface area contributed by atoms with Crippen LogP contribution in [0.5, 0.6) is 5.75 Å². The highest BCUT2D eigenvalue weighted by atomic mass is 16.5. The van der Waals surface area contributed by atoms with E-state index in [1.54, 1.807) is 6.92 Å². The highest BCUT2D eigenvalue weighted by molar-refractivity contribution is 5.80. The number of hydrogen-bond donors (Lipinski definition) is 2. The molecule has 5 heteroatoms. The van der Waals surface area contributed by atoms with Crippen LogP contribution in [0.15, 0.2) is 53.3 Å². The predicted molar refractivity (Wildman–Crippen MR) is 97.8 cm³/mol. The number of benzene rings is 2. The molecule has 0 atom stereocenters. The van der Waals surface area contributed by atoms with Crippen LogP contribution in [-0.4, -0.2) is 17.5 Å². The van der Waals surface area contributed by atoms with Crippen molar-refractivity contribution in [3.8, 4) is 5.75 Å². The Kier molecular flexibility index (Phi) is 4.84. The van der Waals surface area contributed by atoms with Gasteiger partial charge in [-0.25, -0.2) is 0 Å². The average Bonchev–Trinajstić information content (AvgIpc) is 2.60. The Morgan fingerprint density at radius 1 is 1.08 bits per heavy atom. The van der Waals surface area contributed by atoms with Crippen molar-refractivity contribution >= 4 is 16.8 Å². The summed E-state index contributed by atoms with van der Waals surface area (Å²) in [6.07, 6.45) is 0. The summed E-state index contributed by atoms with van der Waals surface area (Å²) >= 11 is 0. The summed E-state index contributed by atoms with van der Waals surface area (Å²) in [4.78, 5) is 26.4. The summed E-state index contributed by atoms with van der Waals surface area (Å²) in [7, 11) is 0. The zero-order chi connectivity index (χ0) is 17.8. The van der Waals surface area contributed by atoms with Crippen molar-refractivity contribution in [3.63, 3.8) is 0 Å². The third-order valence-corrected chi connectivity index (χ3v) is 3.97. The summed E-state index contributed by atoms with van der Waals surface area (Å²) in [5.41, 5.74) is 3.47. The second kappa shape index (κ2) is 7.21. The van der Waals surface area contributed by atoms with Gasteiger partial charge in [0.2, 0.25) is 0 Å². The molecule has 3 rings (SSSR count). The summed E-state index contributed by atoms with van der Waals surface area (Å²) in [5.74, 6) is 0.490. The first-order valence-electron chi connectivity index (χ1n) is 8.10. The molecule has 0 bridgehead atoms. The first-order valence-corrected chi connectivity index (χ1v) is 8.10. The Labute approximate surface area is 145 Å². The van der Waals surface area contributed by atoms with Crippen molar-refractivity contribution in [1.29, 1.82) is 0 Å². The Bertz CT molecular complexity index is 959. The fourth-order valence-electron chi connectivity index (χ4n) is 2.51. The number of ether oxygens (including phenoxy) is 1. The van der Waals surface area contributed by atoms with Crippen molar-refractivity contribution in [3.05, 3.63) is 75.6 Å². The molecule has 0 spiro atoms. The molecule has 3 aromatic rings. The maximum atomic E-state index is 11.9. The molecule has 5 nitrogen and oxygen atoms in total. The van der Waals surface area contributed by atoms with Crippen LogP contribution < -0.4 is 15.6 Å². The zero-order valence-corrected chi connectivity index (χ0v) is 14.3. The lowest BCUT2D eigenvalue weighted by Gasteiger charge is -2.09. The highest BCUT2D eigenvalue weighted by Gasteiger charge is 2.05. The Morgan fingerprint density at radius 2 is 1.84 bits per heavy atom. The lowest BCUT2D eigenvalue weighted by Crippen LogP contribution is -2.28. The summed E-state index contributed by atoms with van der Waals surface area (Å²) in [5, 5.41) is 3.78. The van der Waals surface area contributed by atoms with Crippen LogP contribution in [-0.2, 0) is 11.3 Å². The van der Waals surface area contributed by atoms with Crippen LogP contribution in [0.25, 0.3) is 10.9 Å². The number of fused-ring (bicyclic) bond motifs is 1. The van der Waals surface area contributed by atoms with Gasteiger partial charge in [0.05, 0.1) is 0 Å². The normalized spacial score (nSPS) is 10.6. The van der Waals surface area contributed by atoms with Gasteiger partial charge in [-0.2, -0.15) is 0 Å². The van der Waals surface area contributed by atoms with Gasteiger partial charge >= 0.3 is 0 Å². The number of rotatable bonds is 5. The molecule has 2 N–H and O–H groups in total. The van der Waals surface area contributed by atoms with Crippen LogP contribution in [0.1, 0.15) is 16.7 Å². The minimum atomic E-state index is -0.182. The maximum absolute atomic E-state index is 11.9. The molecule has 0 aliphatic carbocycles. The van der Waals surface area contributed by atoms with Crippen molar-refractivity contribution in [2.45, 2.75) is 20.4 Å². The van der Waals surface area contributed by atoms with E-state index in [-0.39, 0.29) is 18.1 Å². The van der Waals surface area contributed by atoms with Gasteiger partial charge in [0, 0.05) is 17.6 Å². The molecule has 0 radical (unpaired) electrons. The van der Waals surface area contributed by atoms with Crippen LogP contribution in [0, 0.1) is 13.8 Å². The molecule has 25 heavy (non-hydrogen) atoms. The molecule has 2 aromatic carbocycles. The first-order chi connectivity index (χ1) is 12.0. The summed E-state index contributed by atoms with van der Waals surface area (Å²) in [6, 6.07) is 15.1. The maximum Gasteiger partial charge on any atom is 0.258 e. The topological polar surface area (TPSA) is 71.2 Å². The first kappa shape index (κ1) is 16.8. The fourth-order valence-corrected chi connectivity index (χ4v) is 2.51. The molecule has 0 aliphatic rings. The van der Waals surface area contributed by atoms with Gasteiger partial charge in [0.1, 0.15) is 5.75 Å². The molecule has 1 amide bonds. The number of carbonyl (C=O) groups excluding carboxylic acids is 1. The Morgan fingerprint density at radius 3 is 2.60 bits per heavy atom. The molecule has 1 aromatic heterocycles. The fraction of sp³-hybridized carbons (Fsp3) is 0.200. The van der Waals surface area contributed by atoms with Gasteiger partial charge in [0.15, 0.2) is 6.61 Å². The smallest absolute Gasteiger partial charge is 0.258 e. The van der Waals surface area contributed by atoms with Gasteiger partial charge < -0.3 is 15.0 Å². The van der Waals surface area contributed by atoms with Crippen molar-refractivity contribution in [2.75, 3.05) is 6.61 Å². The minimum absolute atomic E-state index is 0.0247. The van der Waals surface area contributed by atoms with E-state index in [9.17, 15) is 9.59 Å².